The first-order valence-electron chi connectivity index (χ1n) is 6.79. The fourth-order valence-electron chi connectivity index (χ4n) is 2.02. The van der Waals surface area contributed by atoms with Gasteiger partial charge in [-0.3, -0.25) is 0 Å². The molecule has 0 unspecified atom stereocenters. The van der Waals surface area contributed by atoms with Gasteiger partial charge < -0.3 is 14.4 Å². The normalized spacial score (nSPS) is 20.9. The van der Waals surface area contributed by atoms with Gasteiger partial charge in [-0.05, 0) is 45.3 Å². The highest BCUT2D eigenvalue weighted by atomic mass is 35.5. The molecule has 1 fully saturated rings. The van der Waals surface area contributed by atoms with Gasteiger partial charge >= 0.3 is 7.12 Å². The molecule has 1 aromatic carbocycles. The van der Waals surface area contributed by atoms with E-state index in [4.69, 9.17) is 20.9 Å². The molecule has 1 aromatic rings. The SMILES string of the molecule is CC1(C)OB(C(=Cc2c(F)cccc2Cl)CO)OC1(C)C. The fourth-order valence-corrected chi connectivity index (χ4v) is 2.23. The number of benzene rings is 1. The predicted octanol–water partition coefficient (Wildman–Crippen LogP) is 3.49. The average molecular weight is 313 g/mol. The molecule has 0 saturated carbocycles. The van der Waals surface area contributed by atoms with Crippen LogP contribution in [0.15, 0.2) is 23.7 Å². The molecule has 21 heavy (non-hydrogen) atoms. The maximum absolute atomic E-state index is 13.8. The Morgan fingerprint density at radius 3 is 2.33 bits per heavy atom. The van der Waals surface area contributed by atoms with Gasteiger partial charge in [-0.2, -0.15) is 0 Å². The van der Waals surface area contributed by atoms with E-state index in [-0.39, 0.29) is 17.2 Å². The first kappa shape index (κ1) is 16.5. The van der Waals surface area contributed by atoms with E-state index < -0.39 is 24.1 Å². The molecule has 6 heteroatoms. The molecule has 2 rings (SSSR count). The Hall–Kier alpha value is -0.875. The molecule has 1 heterocycles. The summed E-state index contributed by atoms with van der Waals surface area (Å²) in [6.07, 6.45) is 1.49. The van der Waals surface area contributed by atoms with Crippen LogP contribution >= 0.6 is 11.6 Å². The van der Waals surface area contributed by atoms with Crippen LogP contribution < -0.4 is 0 Å². The lowest BCUT2D eigenvalue weighted by Crippen LogP contribution is -2.41. The van der Waals surface area contributed by atoms with E-state index in [1.807, 2.05) is 27.7 Å². The molecule has 0 aliphatic carbocycles. The van der Waals surface area contributed by atoms with Crippen LogP contribution in [0, 0.1) is 5.82 Å². The van der Waals surface area contributed by atoms with Gasteiger partial charge in [-0.15, -0.1) is 0 Å². The monoisotopic (exact) mass is 312 g/mol. The van der Waals surface area contributed by atoms with Gasteiger partial charge in [-0.25, -0.2) is 4.39 Å². The Labute approximate surface area is 129 Å². The van der Waals surface area contributed by atoms with Crippen LogP contribution in [0.5, 0.6) is 0 Å². The number of aliphatic hydroxyl groups excluding tert-OH is 1. The average Bonchev–Trinajstić information content (AvgIpc) is 2.58. The smallest absolute Gasteiger partial charge is 0.400 e. The zero-order valence-electron chi connectivity index (χ0n) is 12.6. The van der Waals surface area contributed by atoms with Crippen LogP contribution in [0.25, 0.3) is 6.08 Å². The molecule has 114 valence electrons. The number of hydrogen-bond donors (Lipinski definition) is 1. The molecular weight excluding hydrogens is 293 g/mol. The van der Waals surface area contributed by atoms with Crippen LogP contribution in [0.1, 0.15) is 33.3 Å². The van der Waals surface area contributed by atoms with Crippen LogP contribution in [-0.4, -0.2) is 30.0 Å². The summed E-state index contributed by atoms with van der Waals surface area (Å²) in [5.74, 6) is -0.454. The third-order valence-corrected chi connectivity index (χ3v) is 4.40. The first-order chi connectivity index (χ1) is 9.68. The molecule has 1 aliphatic rings. The zero-order chi connectivity index (χ0) is 15.8. The maximum atomic E-state index is 13.8. The van der Waals surface area contributed by atoms with Crippen LogP contribution in [0.2, 0.25) is 5.02 Å². The molecule has 0 aromatic heterocycles. The standard InChI is InChI=1S/C15H19BClFO3/c1-14(2)15(3,4)21-16(20-14)10(9-19)8-11-12(17)6-5-7-13(11)18/h5-8,19H,9H2,1-4H3. The minimum atomic E-state index is -0.726. The van der Waals surface area contributed by atoms with Gasteiger partial charge in [0.15, 0.2) is 0 Å². The number of aliphatic hydroxyl groups is 1. The molecular formula is C15H19BClFO3. The Morgan fingerprint density at radius 2 is 1.86 bits per heavy atom. The van der Waals surface area contributed by atoms with Crippen molar-refractivity contribution in [2.45, 2.75) is 38.9 Å². The Morgan fingerprint density at radius 1 is 1.29 bits per heavy atom. The Kier molecular flexibility index (Phi) is 4.50. The van der Waals surface area contributed by atoms with Gasteiger partial charge in [0.25, 0.3) is 0 Å². The van der Waals surface area contributed by atoms with Crippen LogP contribution in [0.3, 0.4) is 0 Å². The van der Waals surface area contributed by atoms with E-state index in [0.29, 0.717) is 5.47 Å². The molecule has 0 radical (unpaired) electrons. The van der Waals surface area contributed by atoms with Gasteiger partial charge in [0.1, 0.15) is 5.82 Å². The second-order valence-electron chi connectivity index (χ2n) is 6.10. The van der Waals surface area contributed by atoms with Gasteiger partial charge in [0.2, 0.25) is 0 Å². The van der Waals surface area contributed by atoms with Gasteiger partial charge in [-0.1, -0.05) is 23.7 Å². The van der Waals surface area contributed by atoms with Crippen molar-refractivity contribution in [3.63, 3.8) is 0 Å². The van der Waals surface area contributed by atoms with Crippen molar-refractivity contribution in [2.24, 2.45) is 0 Å². The van der Waals surface area contributed by atoms with Crippen molar-refractivity contribution in [2.75, 3.05) is 6.61 Å². The summed E-state index contributed by atoms with van der Waals surface area (Å²) >= 11 is 6.00. The van der Waals surface area contributed by atoms with E-state index in [1.54, 1.807) is 6.07 Å². The topological polar surface area (TPSA) is 38.7 Å². The second kappa shape index (κ2) is 5.73. The highest BCUT2D eigenvalue weighted by molar-refractivity contribution is 6.56. The van der Waals surface area contributed by atoms with Gasteiger partial charge in [0.05, 0.1) is 22.8 Å². The number of halogens is 2. The predicted molar refractivity (Wildman–Crippen MR) is 82.6 cm³/mol. The second-order valence-corrected chi connectivity index (χ2v) is 6.51. The van der Waals surface area contributed by atoms with Crippen LogP contribution in [-0.2, 0) is 9.31 Å². The summed E-state index contributed by atoms with van der Waals surface area (Å²) in [5.41, 5.74) is -0.394. The number of rotatable bonds is 3. The summed E-state index contributed by atoms with van der Waals surface area (Å²) in [4.78, 5) is 0. The first-order valence-corrected chi connectivity index (χ1v) is 7.17. The fraction of sp³-hybridized carbons (Fsp3) is 0.467. The number of hydrogen-bond acceptors (Lipinski definition) is 3. The van der Waals surface area contributed by atoms with Crippen molar-refractivity contribution in [1.82, 2.24) is 0 Å². The van der Waals surface area contributed by atoms with Crippen molar-refractivity contribution in [1.29, 1.82) is 0 Å². The van der Waals surface area contributed by atoms with Crippen molar-refractivity contribution in [3.8, 4) is 0 Å². The molecule has 1 N–H and O–H groups in total. The van der Waals surface area contributed by atoms with Gasteiger partial charge in [0, 0.05) is 5.56 Å². The lowest BCUT2D eigenvalue weighted by Gasteiger charge is -2.32. The highest BCUT2D eigenvalue weighted by Gasteiger charge is 2.52. The molecule has 0 spiro atoms. The molecule has 0 atom stereocenters. The summed E-state index contributed by atoms with van der Waals surface area (Å²) in [7, 11) is -0.726. The van der Waals surface area contributed by atoms with E-state index in [2.05, 4.69) is 0 Å². The van der Waals surface area contributed by atoms with Crippen molar-refractivity contribution in [3.05, 3.63) is 40.1 Å². The third kappa shape index (κ3) is 3.16. The van der Waals surface area contributed by atoms with Crippen LogP contribution in [0.4, 0.5) is 4.39 Å². The van der Waals surface area contributed by atoms with E-state index in [1.165, 1.54) is 18.2 Å². The minimum Gasteiger partial charge on any atom is -0.400 e. The highest BCUT2D eigenvalue weighted by Crippen LogP contribution is 2.39. The van der Waals surface area contributed by atoms with Crippen molar-refractivity contribution >= 4 is 24.8 Å². The Bertz CT molecular complexity index is 536. The summed E-state index contributed by atoms with van der Waals surface area (Å²) in [6, 6.07) is 4.44. The molecule has 0 amide bonds. The minimum absolute atomic E-state index is 0.220. The summed E-state index contributed by atoms with van der Waals surface area (Å²) in [5, 5.41) is 9.85. The largest absolute Gasteiger partial charge is 0.492 e. The zero-order valence-corrected chi connectivity index (χ0v) is 13.4. The quantitative estimate of drug-likeness (QED) is 0.868. The van der Waals surface area contributed by atoms with E-state index in [9.17, 15) is 9.50 Å². The van der Waals surface area contributed by atoms with Crippen molar-refractivity contribution < 1.29 is 18.8 Å². The molecule has 1 aliphatic heterocycles. The third-order valence-electron chi connectivity index (χ3n) is 4.07. The summed E-state index contributed by atoms with van der Waals surface area (Å²) in [6.45, 7) is 7.35. The van der Waals surface area contributed by atoms with E-state index >= 15 is 0 Å². The molecule has 1 saturated heterocycles. The molecule has 3 nitrogen and oxygen atoms in total. The molecule has 0 bridgehead atoms. The lowest BCUT2D eigenvalue weighted by molar-refractivity contribution is 0.00578. The summed E-state index contributed by atoms with van der Waals surface area (Å²) < 4.78 is 25.6. The Balaban J connectivity index is 2.36. The maximum Gasteiger partial charge on any atom is 0.492 e. The van der Waals surface area contributed by atoms with E-state index in [0.717, 1.165) is 0 Å². The lowest BCUT2D eigenvalue weighted by atomic mass is 9.77.